The lowest BCUT2D eigenvalue weighted by Gasteiger charge is -2.00. The molecule has 0 amide bonds. The van der Waals surface area contributed by atoms with Crippen molar-refractivity contribution in [3.05, 3.63) is 35.9 Å². The number of halogens is 1. The lowest BCUT2D eigenvalue weighted by atomic mass is 10.1. The highest BCUT2D eigenvalue weighted by Gasteiger charge is 2.05. The van der Waals surface area contributed by atoms with Gasteiger partial charge < -0.3 is 10.4 Å². The molecular weight excluding hydrogens is 186 g/mol. The number of hydrogen-bond acceptors (Lipinski definition) is 2. The molecule has 1 aliphatic rings. The molecule has 0 atom stereocenters. The first-order chi connectivity index (χ1) is 5.86. The molecule has 2 nitrogen and oxygen atoms in total. The van der Waals surface area contributed by atoms with Crippen molar-refractivity contribution in [1.82, 2.24) is 5.32 Å². The Morgan fingerprint density at radius 3 is 2.38 bits per heavy atom. The molecule has 0 saturated carbocycles. The van der Waals surface area contributed by atoms with E-state index < -0.39 is 0 Å². The van der Waals surface area contributed by atoms with Crippen molar-refractivity contribution in [3.63, 3.8) is 0 Å². The number of phenols is 1. The van der Waals surface area contributed by atoms with Crippen LogP contribution in [0.2, 0.25) is 0 Å². The summed E-state index contributed by atoms with van der Waals surface area (Å²) in [7, 11) is 0. The number of benzene rings is 1. The normalized spacial score (nSPS) is 14.9. The first-order valence-electron chi connectivity index (χ1n) is 4.05. The molecule has 0 saturated heterocycles. The molecular formula is C10H12ClNO. The van der Waals surface area contributed by atoms with Gasteiger partial charge in [0.2, 0.25) is 0 Å². The predicted octanol–water partition coefficient (Wildman–Crippen LogP) is 1.80. The summed E-state index contributed by atoms with van der Waals surface area (Å²) in [5.41, 5.74) is 2.51. The molecule has 1 aromatic rings. The highest BCUT2D eigenvalue weighted by Crippen LogP contribution is 2.18. The molecule has 2 rings (SSSR count). The second-order valence-corrected chi connectivity index (χ2v) is 2.91. The zero-order chi connectivity index (χ0) is 8.39. The van der Waals surface area contributed by atoms with Crippen LogP contribution in [0.3, 0.4) is 0 Å². The first kappa shape index (κ1) is 10.1. The average Bonchev–Trinajstić information content (AvgIpc) is 2.58. The summed E-state index contributed by atoms with van der Waals surface area (Å²) in [6.45, 7) is 1.89. The first-order valence-corrected chi connectivity index (χ1v) is 4.05. The van der Waals surface area contributed by atoms with Gasteiger partial charge in [0.1, 0.15) is 5.75 Å². The van der Waals surface area contributed by atoms with Crippen molar-refractivity contribution in [2.24, 2.45) is 0 Å². The van der Waals surface area contributed by atoms with Gasteiger partial charge in [0.15, 0.2) is 0 Å². The molecule has 0 unspecified atom stereocenters. The third-order valence-corrected chi connectivity index (χ3v) is 2.05. The van der Waals surface area contributed by atoms with Crippen LogP contribution in [0.4, 0.5) is 0 Å². The van der Waals surface area contributed by atoms with E-state index in [-0.39, 0.29) is 12.4 Å². The van der Waals surface area contributed by atoms with Gasteiger partial charge in [-0.25, -0.2) is 0 Å². The van der Waals surface area contributed by atoms with Crippen molar-refractivity contribution in [1.29, 1.82) is 0 Å². The third-order valence-electron chi connectivity index (χ3n) is 2.05. The molecule has 1 aliphatic heterocycles. The third kappa shape index (κ3) is 2.23. The van der Waals surface area contributed by atoms with Crippen molar-refractivity contribution in [3.8, 4) is 5.75 Å². The van der Waals surface area contributed by atoms with Crippen LogP contribution < -0.4 is 5.32 Å². The fourth-order valence-corrected chi connectivity index (χ4v) is 1.37. The van der Waals surface area contributed by atoms with Crippen LogP contribution in [-0.4, -0.2) is 18.2 Å². The topological polar surface area (TPSA) is 32.3 Å². The standard InChI is InChI=1S/C10H11NO.ClH/c12-10-3-1-8(2-4-10)9-5-6-11-7-9;/h1-5,11-12H,6-7H2;1H. The van der Waals surface area contributed by atoms with Crippen molar-refractivity contribution < 1.29 is 5.11 Å². The Bertz CT molecular complexity index is 305. The molecule has 0 aliphatic carbocycles. The average molecular weight is 198 g/mol. The summed E-state index contributed by atoms with van der Waals surface area (Å²) in [6.07, 6.45) is 2.17. The Labute approximate surface area is 83.7 Å². The zero-order valence-electron chi connectivity index (χ0n) is 7.16. The minimum Gasteiger partial charge on any atom is -0.508 e. The molecule has 0 bridgehead atoms. The fraction of sp³-hybridized carbons (Fsp3) is 0.200. The number of rotatable bonds is 1. The molecule has 3 heteroatoms. The molecule has 2 N–H and O–H groups in total. The quantitative estimate of drug-likeness (QED) is 0.720. The Balaban J connectivity index is 0.000000845. The van der Waals surface area contributed by atoms with E-state index in [0.29, 0.717) is 5.75 Å². The summed E-state index contributed by atoms with van der Waals surface area (Å²) in [6, 6.07) is 7.31. The second-order valence-electron chi connectivity index (χ2n) is 2.91. The fourth-order valence-electron chi connectivity index (χ4n) is 1.37. The zero-order valence-corrected chi connectivity index (χ0v) is 7.97. The van der Waals surface area contributed by atoms with Crippen LogP contribution in [0.15, 0.2) is 30.3 Å². The van der Waals surface area contributed by atoms with Gasteiger partial charge >= 0.3 is 0 Å². The van der Waals surface area contributed by atoms with E-state index in [0.717, 1.165) is 13.1 Å². The highest BCUT2D eigenvalue weighted by molar-refractivity contribution is 5.85. The maximum atomic E-state index is 9.06. The summed E-state index contributed by atoms with van der Waals surface area (Å²) >= 11 is 0. The SMILES string of the molecule is Cl.Oc1ccc(C2=CCNC2)cc1. The molecule has 1 heterocycles. The molecule has 0 radical (unpaired) electrons. The minimum atomic E-state index is 0. The molecule has 0 fully saturated rings. The Kier molecular flexibility index (Phi) is 3.34. The number of phenolic OH excluding ortho intramolecular Hbond substituents is 1. The van der Waals surface area contributed by atoms with Gasteiger partial charge in [0, 0.05) is 13.1 Å². The number of hydrogen-bond donors (Lipinski definition) is 2. The van der Waals surface area contributed by atoms with E-state index >= 15 is 0 Å². The van der Waals surface area contributed by atoms with Gasteiger partial charge in [-0.1, -0.05) is 18.2 Å². The smallest absolute Gasteiger partial charge is 0.115 e. The van der Waals surface area contributed by atoms with Crippen LogP contribution in [0.25, 0.3) is 5.57 Å². The van der Waals surface area contributed by atoms with Crippen molar-refractivity contribution in [2.75, 3.05) is 13.1 Å². The van der Waals surface area contributed by atoms with Gasteiger partial charge in [0.05, 0.1) is 0 Å². The van der Waals surface area contributed by atoms with E-state index in [4.69, 9.17) is 5.11 Å². The Morgan fingerprint density at radius 2 is 1.85 bits per heavy atom. The minimum absolute atomic E-state index is 0. The van der Waals surface area contributed by atoms with Crippen LogP contribution in [0.5, 0.6) is 5.75 Å². The van der Waals surface area contributed by atoms with Crippen molar-refractivity contribution in [2.45, 2.75) is 0 Å². The Morgan fingerprint density at radius 1 is 1.15 bits per heavy atom. The van der Waals surface area contributed by atoms with E-state index in [1.165, 1.54) is 11.1 Å². The summed E-state index contributed by atoms with van der Waals surface area (Å²) in [5.74, 6) is 0.324. The lowest BCUT2D eigenvalue weighted by Crippen LogP contribution is -2.07. The summed E-state index contributed by atoms with van der Waals surface area (Å²) in [5, 5.41) is 12.3. The monoisotopic (exact) mass is 197 g/mol. The highest BCUT2D eigenvalue weighted by atomic mass is 35.5. The summed E-state index contributed by atoms with van der Waals surface area (Å²) in [4.78, 5) is 0. The van der Waals surface area contributed by atoms with Crippen LogP contribution in [-0.2, 0) is 0 Å². The second kappa shape index (κ2) is 4.30. The maximum Gasteiger partial charge on any atom is 0.115 e. The van der Waals surface area contributed by atoms with E-state index in [1.807, 2.05) is 12.1 Å². The van der Waals surface area contributed by atoms with E-state index in [2.05, 4.69) is 11.4 Å². The van der Waals surface area contributed by atoms with Crippen LogP contribution in [0, 0.1) is 0 Å². The van der Waals surface area contributed by atoms with Gasteiger partial charge in [-0.2, -0.15) is 0 Å². The maximum absolute atomic E-state index is 9.06. The molecule has 13 heavy (non-hydrogen) atoms. The van der Waals surface area contributed by atoms with Gasteiger partial charge in [-0.15, -0.1) is 12.4 Å². The van der Waals surface area contributed by atoms with Gasteiger partial charge in [-0.3, -0.25) is 0 Å². The van der Waals surface area contributed by atoms with E-state index in [1.54, 1.807) is 12.1 Å². The molecule has 70 valence electrons. The lowest BCUT2D eigenvalue weighted by molar-refractivity contribution is 0.475. The molecule has 0 spiro atoms. The summed E-state index contributed by atoms with van der Waals surface area (Å²) < 4.78 is 0. The van der Waals surface area contributed by atoms with Crippen molar-refractivity contribution >= 4 is 18.0 Å². The van der Waals surface area contributed by atoms with Crippen LogP contribution in [0.1, 0.15) is 5.56 Å². The van der Waals surface area contributed by atoms with Gasteiger partial charge in [0.25, 0.3) is 0 Å². The Hall–Kier alpha value is -0.990. The van der Waals surface area contributed by atoms with E-state index in [9.17, 15) is 0 Å². The number of nitrogens with one attached hydrogen (secondary N) is 1. The van der Waals surface area contributed by atoms with Crippen LogP contribution >= 0.6 is 12.4 Å². The molecule has 1 aromatic carbocycles. The number of aromatic hydroxyl groups is 1. The molecule has 0 aromatic heterocycles. The predicted molar refractivity (Wildman–Crippen MR) is 56.2 cm³/mol. The van der Waals surface area contributed by atoms with Gasteiger partial charge in [-0.05, 0) is 23.3 Å². The largest absolute Gasteiger partial charge is 0.508 e.